The van der Waals surface area contributed by atoms with Crippen molar-refractivity contribution in [2.75, 3.05) is 0 Å². The van der Waals surface area contributed by atoms with E-state index in [0.717, 1.165) is 0 Å². The molecule has 0 saturated carbocycles. The van der Waals surface area contributed by atoms with Gasteiger partial charge in [0.15, 0.2) is 0 Å². The van der Waals surface area contributed by atoms with Crippen molar-refractivity contribution in [3.63, 3.8) is 0 Å². The van der Waals surface area contributed by atoms with Gasteiger partial charge in [0.2, 0.25) is 0 Å². The van der Waals surface area contributed by atoms with E-state index >= 15 is 0 Å². The zero-order valence-corrected chi connectivity index (χ0v) is 9.26. The summed E-state index contributed by atoms with van der Waals surface area (Å²) in [6, 6.07) is 0. The van der Waals surface area contributed by atoms with Crippen LogP contribution in [0.25, 0.3) is 0 Å². The number of rotatable bonds is 2. The SMILES string of the molecule is N.N.[Na+].[O-]P(O)OP(O)O. The normalized spacial score (nSPS) is 10.5. The second-order valence-corrected chi connectivity index (χ2v) is 2.21. The van der Waals surface area contributed by atoms with Crippen LogP contribution in [0.15, 0.2) is 0 Å². The molecule has 0 saturated heterocycles. The first-order valence-electron chi connectivity index (χ1n) is 1.15. The summed E-state index contributed by atoms with van der Waals surface area (Å²) in [6.07, 6.45) is 0. The van der Waals surface area contributed by atoms with Gasteiger partial charge in [-0.05, 0) is 0 Å². The molecular formula is H9N2NaO5P2. The summed E-state index contributed by atoms with van der Waals surface area (Å²) in [5.41, 5.74) is 0. The molecule has 0 aliphatic heterocycles. The van der Waals surface area contributed by atoms with Crippen LogP contribution in [0.4, 0.5) is 0 Å². The summed E-state index contributed by atoms with van der Waals surface area (Å²) < 4.78 is 3.49. The zero-order chi connectivity index (χ0) is 5.86. The van der Waals surface area contributed by atoms with E-state index in [4.69, 9.17) is 14.7 Å². The van der Waals surface area contributed by atoms with Crippen LogP contribution in [0, 0.1) is 0 Å². The molecule has 0 radical (unpaired) electrons. The average Bonchev–Trinajstić information content (AvgIpc) is 1.27. The maximum Gasteiger partial charge on any atom is 1.00 e. The van der Waals surface area contributed by atoms with Gasteiger partial charge in [-0.3, -0.25) is 4.31 Å². The third-order valence-electron chi connectivity index (χ3n) is 0.143. The molecule has 1 unspecified atom stereocenters. The van der Waals surface area contributed by atoms with Gasteiger partial charge >= 0.3 is 38.2 Å². The Labute approximate surface area is 82.9 Å². The Balaban J connectivity index is -0.0000000600. The van der Waals surface area contributed by atoms with Crippen LogP contribution in [0.2, 0.25) is 0 Å². The van der Waals surface area contributed by atoms with Gasteiger partial charge in [0.05, 0.1) is 8.60 Å². The number of hydrogen-bond donors (Lipinski definition) is 5. The van der Waals surface area contributed by atoms with Crippen LogP contribution in [-0.4, -0.2) is 14.7 Å². The average molecular weight is 202 g/mol. The Morgan fingerprint density at radius 1 is 1.10 bits per heavy atom. The standard InChI is InChI=1S/2H3N.Na.H3O5P2/c;;;1-6(2)5-7(3)4/h2*1H3;;1-3H/q;;+1;-1. The van der Waals surface area contributed by atoms with Gasteiger partial charge < -0.3 is 31.9 Å². The third-order valence-corrected chi connectivity index (χ3v) is 1.29. The van der Waals surface area contributed by atoms with Crippen molar-refractivity contribution in [2.45, 2.75) is 0 Å². The first-order valence-corrected chi connectivity index (χ1v) is 3.44. The van der Waals surface area contributed by atoms with E-state index in [1.165, 1.54) is 0 Å². The van der Waals surface area contributed by atoms with Crippen molar-refractivity contribution < 1.29 is 53.4 Å². The Hall–Kier alpha value is 1.58. The molecule has 0 bridgehead atoms. The van der Waals surface area contributed by atoms with E-state index in [9.17, 15) is 4.89 Å². The first-order chi connectivity index (χ1) is 3.13. The summed E-state index contributed by atoms with van der Waals surface area (Å²) >= 11 is 0. The van der Waals surface area contributed by atoms with E-state index in [1.54, 1.807) is 0 Å². The molecule has 7 nitrogen and oxygen atoms in total. The fraction of sp³-hybridized carbons (Fsp3) is 0. The van der Waals surface area contributed by atoms with Crippen molar-refractivity contribution >= 4 is 17.2 Å². The molecule has 10 heavy (non-hydrogen) atoms. The molecule has 0 aromatic rings. The molecule has 0 rings (SSSR count). The van der Waals surface area contributed by atoms with Crippen LogP contribution in [0.1, 0.15) is 0 Å². The first kappa shape index (κ1) is 22.6. The number of hydrogen-bond acceptors (Lipinski definition) is 7. The van der Waals surface area contributed by atoms with E-state index in [0.29, 0.717) is 0 Å². The van der Waals surface area contributed by atoms with Crippen molar-refractivity contribution in [3.05, 3.63) is 0 Å². The van der Waals surface area contributed by atoms with Gasteiger partial charge in [-0.1, -0.05) is 0 Å². The molecule has 0 spiro atoms. The van der Waals surface area contributed by atoms with E-state index < -0.39 is 17.2 Å². The Bertz CT molecular complexity index is 46.9. The topological polar surface area (TPSA) is 163 Å². The Morgan fingerprint density at radius 3 is 1.40 bits per heavy atom. The molecule has 1 atom stereocenters. The van der Waals surface area contributed by atoms with Gasteiger partial charge in [-0.25, -0.2) is 0 Å². The maximum absolute atomic E-state index is 9.43. The quantitative estimate of drug-likeness (QED) is 0.225. The summed E-state index contributed by atoms with van der Waals surface area (Å²) in [4.78, 5) is 32.7. The largest absolute Gasteiger partial charge is 1.00 e. The monoisotopic (exact) mass is 202 g/mol. The maximum atomic E-state index is 9.43. The van der Waals surface area contributed by atoms with Crippen molar-refractivity contribution in [1.29, 1.82) is 0 Å². The van der Waals surface area contributed by atoms with E-state index in [1.807, 2.05) is 0 Å². The molecule has 10 heteroatoms. The van der Waals surface area contributed by atoms with Crippen molar-refractivity contribution in [1.82, 2.24) is 12.3 Å². The Morgan fingerprint density at radius 2 is 1.40 bits per heavy atom. The minimum absolute atomic E-state index is 0. The van der Waals surface area contributed by atoms with Crippen LogP contribution in [0.5, 0.6) is 0 Å². The Kier molecular flexibility index (Phi) is 29.8. The van der Waals surface area contributed by atoms with Crippen LogP contribution < -0.4 is 46.8 Å². The molecule has 60 valence electrons. The smallest absolute Gasteiger partial charge is 0.786 e. The summed E-state index contributed by atoms with van der Waals surface area (Å²) in [5, 5.41) is 0. The molecule has 0 amide bonds. The van der Waals surface area contributed by atoms with E-state index in [2.05, 4.69) is 4.31 Å². The molecule has 0 aliphatic rings. The van der Waals surface area contributed by atoms with E-state index in [-0.39, 0.29) is 41.9 Å². The predicted octanol–water partition coefficient (Wildman–Crippen LogP) is -3.88. The van der Waals surface area contributed by atoms with Crippen LogP contribution in [0.3, 0.4) is 0 Å². The molecule has 0 aromatic carbocycles. The third kappa shape index (κ3) is 22.7. The van der Waals surface area contributed by atoms with Crippen LogP contribution >= 0.6 is 17.2 Å². The van der Waals surface area contributed by atoms with Gasteiger partial charge in [0, 0.05) is 0 Å². The van der Waals surface area contributed by atoms with Gasteiger partial charge in [0.25, 0.3) is 0 Å². The van der Waals surface area contributed by atoms with Crippen LogP contribution in [-0.2, 0) is 4.31 Å². The van der Waals surface area contributed by atoms with Gasteiger partial charge in [-0.15, -0.1) is 0 Å². The molecule has 0 heterocycles. The van der Waals surface area contributed by atoms with Gasteiger partial charge in [-0.2, -0.15) is 0 Å². The zero-order valence-electron chi connectivity index (χ0n) is 5.47. The molecule has 0 aromatic heterocycles. The second kappa shape index (κ2) is 13.2. The molecule has 0 fully saturated rings. The summed E-state index contributed by atoms with van der Waals surface area (Å²) in [7, 11) is -5.53. The van der Waals surface area contributed by atoms with Crippen molar-refractivity contribution in [3.8, 4) is 0 Å². The van der Waals surface area contributed by atoms with Crippen molar-refractivity contribution in [2.24, 2.45) is 0 Å². The minimum Gasteiger partial charge on any atom is -0.786 e. The fourth-order valence-electron chi connectivity index (χ4n) is 0.0625. The predicted molar refractivity (Wildman–Crippen MR) is 31.6 cm³/mol. The fourth-order valence-corrected chi connectivity index (χ4v) is 0.562. The summed E-state index contributed by atoms with van der Waals surface area (Å²) in [5.74, 6) is 0. The second-order valence-electron chi connectivity index (χ2n) is 0.572. The minimum atomic E-state index is -2.86. The van der Waals surface area contributed by atoms with Gasteiger partial charge in [0.1, 0.15) is 0 Å². The summed E-state index contributed by atoms with van der Waals surface area (Å²) in [6.45, 7) is 0. The molecular weight excluding hydrogens is 193 g/mol. The molecule has 0 aliphatic carbocycles. The molecule has 9 N–H and O–H groups in total.